The predicted molar refractivity (Wildman–Crippen MR) is 92.8 cm³/mol. The molecule has 3 nitrogen and oxygen atoms in total. The van der Waals surface area contributed by atoms with E-state index < -0.39 is 5.97 Å². The Balaban J connectivity index is 1.63. The Morgan fingerprint density at radius 1 is 1.00 bits per heavy atom. The van der Waals surface area contributed by atoms with E-state index in [-0.39, 0.29) is 13.2 Å². The summed E-state index contributed by atoms with van der Waals surface area (Å²) in [5.41, 5.74) is 3.71. The number of rotatable bonds is 4. The largest absolute Gasteiger partial charge is 0.460 e. The molecule has 1 aliphatic rings. The molecule has 0 aromatic heterocycles. The first-order chi connectivity index (χ1) is 11.8. The van der Waals surface area contributed by atoms with Crippen LogP contribution in [-0.2, 0) is 4.74 Å². The maximum atomic E-state index is 11.6. The van der Waals surface area contributed by atoms with E-state index in [1.165, 1.54) is 24.8 Å². The van der Waals surface area contributed by atoms with Gasteiger partial charge in [-0.05, 0) is 60.7 Å². The zero-order valence-corrected chi connectivity index (χ0v) is 13.5. The average Bonchev–Trinajstić information content (AvgIpc) is 2.58. The molecule has 0 spiro atoms. The van der Waals surface area contributed by atoms with Crippen molar-refractivity contribution in [3.05, 3.63) is 70.8 Å². The van der Waals surface area contributed by atoms with Crippen LogP contribution < -0.4 is 0 Å². The molecule has 1 aliphatic carbocycles. The fourth-order valence-corrected chi connectivity index (χ4v) is 2.64. The molecule has 3 heteroatoms. The Morgan fingerprint density at radius 3 is 2.08 bits per heavy atom. The smallest absolute Gasteiger partial charge is 0.338 e. The molecule has 122 valence electrons. The molecule has 0 atom stereocenters. The zero-order chi connectivity index (χ0) is 16.8. The second-order valence-corrected chi connectivity index (χ2v) is 5.94. The van der Waals surface area contributed by atoms with Crippen LogP contribution in [0.5, 0.6) is 0 Å². The quantitative estimate of drug-likeness (QED) is 0.693. The van der Waals surface area contributed by atoms with Crippen molar-refractivity contribution in [3.63, 3.8) is 0 Å². The summed E-state index contributed by atoms with van der Waals surface area (Å²) in [6.07, 6.45) is 3.95. The van der Waals surface area contributed by atoms with Gasteiger partial charge in [-0.2, -0.15) is 0 Å². The molecule has 2 aromatic carbocycles. The molecule has 0 saturated heterocycles. The molecule has 1 fully saturated rings. The van der Waals surface area contributed by atoms with Crippen molar-refractivity contribution >= 4 is 5.97 Å². The van der Waals surface area contributed by atoms with Crippen LogP contribution in [-0.4, -0.2) is 24.3 Å². The maximum absolute atomic E-state index is 11.6. The minimum absolute atomic E-state index is 0.0112. The van der Waals surface area contributed by atoms with Crippen molar-refractivity contribution in [1.29, 1.82) is 0 Å². The number of carbonyl (C=O) groups excluding carboxylic acids is 1. The zero-order valence-electron chi connectivity index (χ0n) is 13.5. The third-order valence-electron chi connectivity index (χ3n) is 4.28. The Morgan fingerprint density at radius 2 is 1.58 bits per heavy atom. The van der Waals surface area contributed by atoms with E-state index in [9.17, 15) is 4.79 Å². The van der Waals surface area contributed by atoms with Gasteiger partial charge in [0.2, 0.25) is 0 Å². The van der Waals surface area contributed by atoms with Crippen molar-refractivity contribution in [1.82, 2.24) is 0 Å². The van der Waals surface area contributed by atoms with Crippen LogP contribution in [0, 0.1) is 11.8 Å². The molecule has 0 heterocycles. The summed E-state index contributed by atoms with van der Waals surface area (Å²) in [6, 6.07) is 15.5. The third-order valence-corrected chi connectivity index (χ3v) is 4.28. The number of ether oxygens (including phenoxy) is 1. The van der Waals surface area contributed by atoms with Gasteiger partial charge >= 0.3 is 5.97 Å². The van der Waals surface area contributed by atoms with E-state index in [4.69, 9.17) is 9.84 Å². The predicted octanol–water partition coefficient (Wildman–Crippen LogP) is 3.50. The highest BCUT2D eigenvalue weighted by Gasteiger charge is 2.18. The number of hydrogen-bond donors (Lipinski definition) is 1. The van der Waals surface area contributed by atoms with Crippen LogP contribution in [0.1, 0.15) is 52.2 Å². The molecule has 0 unspecified atom stereocenters. The number of aliphatic hydroxyl groups excluding tert-OH is 1. The lowest BCUT2D eigenvalue weighted by Gasteiger charge is -2.25. The summed E-state index contributed by atoms with van der Waals surface area (Å²) < 4.78 is 4.87. The lowest BCUT2D eigenvalue weighted by molar-refractivity contribution is 0.0434. The van der Waals surface area contributed by atoms with Gasteiger partial charge in [0.05, 0.1) is 12.2 Å². The molecule has 0 aliphatic heterocycles. The van der Waals surface area contributed by atoms with Crippen molar-refractivity contribution in [2.24, 2.45) is 0 Å². The van der Waals surface area contributed by atoms with Gasteiger partial charge in [0.15, 0.2) is 0 Å². The van der Waals surface area contributed by atoms with Crippen LogP contribution in [0.2, 0.25) is 0 Å². The van der Waals surface area contributed by atoms with E-state index >= 15 is 0 Å². The van der Waals surface area contributed by atoms with E-state index in [0.29, 0.717) is 5.56 Å². The van der Waals surface area contributed by atoms with E-state index in [1.54, 1.807) is 24.3 Å². The van der Waals surface area contributed by atoms with Crippen molar-refractivity contribution < 1.29 is 14.6 Å². The van der Waals surface area contributed by atoms with Gasteiger partial charge in [0.25, 0.3) is 0 Å². The first kappa shape index (κ1) is 16.3. The van der Waals surface area contributed by atoms with Crippen LogP contribution in [0.4, 0.5) is 0 Å². The van der Waals surface area contributed by atoms with Crippen LogP contribution >= 0.6 is 0 Å². The second kappa shape index (κ2) is 7.81. The third kappa shape index (κ3) is 4.04. The Hall–Kier alpha value is -2.57. The Kier molecular flexibility index (Phi) is 5.30. The number of esters is 1. The maximum Gasteiger partial charge on any atom is 0.338 e. The molecule has 3 rings (SSSR count). The number of aliphatic hydroxyl groups is 1. The number of benzene rings is 2. The number of carbonyl (C=O) groups is 1. The standard InChI is InChI=1S/C21H20O3/c22-14-15-24-21(23)20-12-8-17(9-13-20)5-4-16-6-10-19(11-7-16)18-2-1-3-18/h6-13,18,22H,1-3,14-15H2. The highest BCUT2D eigenvalue weighted by molar-refractivity contribution is 5.89. The van der Waals surface area contributed by atoms with Crippen molar-refractivity contribution in [3.8, 4) is 11.8 Å². The van der Waals surface area contributed by atoms with Gasteiger partial charge in [-0.1, -0.05) is 30.4 Å². The Labute approximate surface area is 142 Å². The summed E-state index contributed by atoms with van der Waals surface area (Å²) in [5.74, 6) is 6.56. The van der Waals surface area contributed by atoms with Gasteiger partial charge in [0.1, 0.15) is 6.61 Å². The molecule has 0 radical (unpaired) electrons. The molecule has 2 aromatic rings. The van der Waals surface area contributed by atoms with Crippen LogP contribution in [0.15, 0.2) is 48.5 Å². The molecule has 0 bridgehead atoms. The summed E-state index contributed by atoms with van der Waals surface area (Å²) in [6.45, 7) is -0.161. The first-order valence-corrected chi connectivity index (χ1v) is 8.26. The highest BCUT2D eigenvalue weighted by Crippen LogP contribution is 2.36. The highest BCUT2D eigenvalue weighted by atomic mass is 16.5. The molecular weight excluding hydrogens is 300 g/mol. The topological polar surface area (TPSA) is 46.5 Å². The second-order valence-electron chi connectivity index (χ2n) is 5.94. The van der Waals surface area contributed by atoms with Crippen molar-refractivity contribution in [2.75, 3.05) is 13.2 Å². The fourth-order valence-electron chi connectivity index (χ4n) is 2.64. The van der Waals surface area contributed by atoms with Gasteiger partial charge in [0, 0.05) is 11.1 Å². The molecular formula is C21H20O3. The minimum atomic E-state index is -0.435. The fraction of sp³-hybridized carbons (Fsp3) is 0.286. The van der Waals surface area contributed by atoms with Gasteiger partial charge < -0.3 is 9.84 Å². The SMILES string of the molecule is O=C(OCCO)c1ccc(C#Cc2ccc(C3CCC3)cc2)cc1. The normalized spacial score (nSPS) is 13.5. The van der Waals surface area contributed by atoms with Gasteiger partial charge in [-0.15, -0.1) is 0 Å². The van der Waals surface area contributed by atoms with Crippen LogP contribution in [0.3, 0.4) is 0 Å². The summed E-state index contributed by atoms with van der Waals surface area (Å²) in [5, 5.41) is 8.65. The number of hydrogen-bond acceptors (Lipinski definition) is 3. The Bertz CT molecular complexity index is 744. The minimum Gasteiger partial charge on any atom is -0.460 e. The molecule has 0 amide bonds. The van der Waals surface area contributed by atoms with E-state index in [0.717, 1.165) is 17.0 Å². The summed E-state index contributed by atoms with van der Waals surface area (Å²) >= 11 is 0. The molecule has 1 N–H and O–H groups in total. The summed E-state index contributed by atoms with van der Waals surface area (Å²) in [7, 11) is 0. The van der Waals surface area contributed by atoms with E-state index in [2.05, 4.69) is 36.1 Å². The van der Waals surface area contributed by atoms with E-state index in [1.807, 2.05) is 0 Å². The molecule has 1 saturated carbocycles. The lowest BCUT2D eigenvalue weighted by atomic mass is 9.80. The van der Waals surface area contributed by atoms with Gasteiger partial charge in [-0.25, -0.2) is 4.79 Å². The average molecular weight is 320 g/mol. The first-order valence-electron chi connectivity index (χ1n) is 8.26. The van der Waals surface area contributed by atoms with Crippen LogP contribution in [0.25, 0.3) is 0 Å². The van der Waals surface area contributed by atoms with Gasteiger partial charge in [-0.3, -0.25) is 0 Å². The molecule has 24 heavy (non-hydrogen) atoms. The monoisotopic (exact) mass is 320 g/mol. The lowest BCUT2D eigenvalue weighted by Crippen LogP contribution is -2.08. The summed E-state index contributed by atoms with van der Waals surface area (Å²) in [4.78, 5) is 11.6. The van der Waals surface area contributed by atoms with Crippen molar-refractivity contribution in [2.45, 2.75) is 25.2 Å².